The van der Waals surface area contributed by atoms with Crippen LogP contribution in [0.1, 0.15) is 40.0 Å². The summed E-state index contributed by atoms with van der Waals surface area (Å²) in [7, 11) is -3.04. The lowest BCUT2D eigenvalue weighted by atomic mass is 9.97. The molecule has 0 fully saturated rings. The van der Waals surface area contributed by atoms with E-state index in [-0.39, 0.29) is 13.2 Å². The number of aliphatic hydroxyl groups excluding tert-OH is 2. The molecule has 0 unspecified atom stereocenters. The van der Waals surface area contributed by atoms with Crippen LogP contribution in [0.3, 0.4) is 0 Å². The first-order valence-electron chi connectivity index (χ1n) is 7.45. The molecule has 0 aromatic heterocycles. The summed E-state index contributed by atoms with van der Waals surface area (Å²) in [6.45, 7) is 7.49. The van der Waals surface area contributed by atoms with Crippen molar-refractivity contribution in [3.8, 4) is 0 Å². The van der Waals surface area contributed by atoms with Crippen molar-refractivity contribution in [1.82, 2.24) is 0 Å². The fourth-order valence-electron chi connectivity index (χ4n) is 2.69. The second-order valence-electron chi connectivity index (χ2n) is 4.62. The Bertz CT molecular complexity index is 185. The van der Waals surface area contributed by atoms with E-state index in [1.165, 1.54) is 0 Å². The van der Waals surface area contributed by atoms with Crippen LogP contribution in [0, 0.1) is 0 Å². The van der Waals surface area contributed by atoms with Crippen LogP contribution in [0.25, 0.3) is 0 Å². The van der Waals surface area contributed by atoms with Crippen LogP contribution in [-0.2, 0) is 13.3 Å². The first-order chi connectivity index (χ1) is 9.61. The Hall–Kier alpha value is -0.0231. The number of rotatable bonds is 13. The molecule has 0 saturated carbocycles. The van der Waals surface area contributed by atoms with Crippen molar-refractivity contribution in [1.29, 1.82) is 0 Å². The Morgan fingerprint density at radius 2 is 1.25 bits per heavy atom. The standard InChI is InChI=1S/C13H31NO5Si/c1-4-17-20(18-5-2,19-6-3)13(7-10-14,8-11-15)9-12-16/h15-16H,4-12,14H2,1-3H3. The molecule has 20 heavy (non-hydrogen) atoms. The summed E-state index contributed by atoms with van der Waals surface area (Å²) in [4.78, 5) is 0. The summed E-state index contributed by atoms with van der Waals surface area (Å²) >= 11 is 0. The fourth-order valence-corrected chi connectivity index (χ4v) is 6.29. The van der Waals surface area contributed by atoms with E-state index < -0.39 is 13.8 Å². The maximum absolute atomic E-state index is 9.46. The summed E-state index contributed by atoms with van der Waals surface area (Å²) < 4.78 is 17.9. The summed E-state index contributed by atoms with van der Waals surface area (Å²) in [5, 5.41) is 18.4. The predicted octanol–water partition coefficient (Wildman–Crippen LogP) is 0.889. The van der Waals surface area contributed by atoms with Crippen molar-refractivity contribution in [2.75, 3.05) is 39.6 Å². The smallest absolute Gasteiger partial charge is 0.396 e. The third-order valence-electron chi connectivity index (χ3n) is 3.46. The van der Waals surface area contributed by atoms with Crippen molar-refractivity contribution in [3.05, 3.63) is 0 Å². The number of aliphatic hydroxyl groups is 2. The lowest BCUT2D eigenvalue weighted by Crippen LogP contribution is -2.58. The molecule has 0 rings (SSSR count). The van der Waals surface area contributed by atoms with Gasteiger partial charge in [0.05, 0.1) is 0 Å². The zero-order chi connectivity index (χ0) is 15.5. The van der Waals surface area contributed by atoms with E-state index >= 15 is 0 Å². The number of hydrogen-bond acceptors (Lipinski definition) is 6. The zero-order valence-electron chi connectivity index (χ0n) is 13.1. The molecule has 0 aromatic rings. The average Bonchev–Trinajstić information content (AvgIpc) is 2.40. The Morgan fingerprint density at radius 1 is 0.850 bits per heavy atom. The molecule has 0 amide bonds. The highest BCUT2D eigenvalue weighted by Gasteiger charge is 2.59. The Balaban J connectivity index is 5.62. The SMILES string of the molecule is CCO[Si](OCC)(OCC)C(CCN)(CCO)CCO. The molecule has 0 heterocycles. The van der Waals surface area contributed by atoms with E-state index in [0.29, 0.717) is 45.6 Å². The lowest BCUT2D eigenvalue weighted by Gasteiger charge is -2.45. The fraction of sp³-hybridized carbons (Fsp3) is 1.00. The van der Waals surface area contributed by atoms with Gasteiger partial charge < -0.3 is 29.2 Å². The monoisotopic (exact) mass is 309 g/mol. The minimum Gasteiger partial charge on any atom is -0.396 e. The van der Waals surface area contributed by atoms with Gasteiger partial charge in [-0.25, -0.2) is 0 Å². The van der Waals surface area contributed by atoms with E-state index in [2.05, 4.69) is 0 Å². The van der Waals surface area contributed by atoms with Gasteiger partial charge in [-0.3, -0.25) is 0 Å². The van der Waals surface area contributed by atoms with E-state index in [0.717, 1.165) is 0 Å². The second kappa shape index (κ2) is 10.7. The first-order valence-corrected chi connectivity index (χ1v) is 9.18. The molecule has 0 atom stereocenters. The summed E-state index contributed by atoms with van der Waals surface area (Å²) in [6, 6.07) is 0. The Kier molecular flexibility index (Phi) is 10.7. The van der Waals surface area contributed by atoms with E-state index in [1.54, 1.807) is 0 Å². The second-order valence-corrected chi connectivity index (χ2v) is 7.66. The highest BCUT2D eigenvalue weighted by atomic mass is 28.4. The molecule has 0 aromatic carbocycles. The van der Waals surface area contributed by atoms with Crippen molar-refractivity contribution in [2.24, 2.45) is 5.73 Å². The lowest BCUT2D eigenvalue weighted by molar-refractivity contribution is 0.0284. The van der Waals surface area contributed by atoms with Crippen LogP contribution >= 0.6 is 0 Å². The van der Waals surface area contributed by atoms with Gasteiger partial charge in [-0.2, -0.15) is 0 Å². The van der Waals surface area contributed by atoms with Crippen molar-refractivity contribution >= 4 is 8.80 Å². The highest BCUT2D eigenvalue weighted by molar-refractivity contribution is 6.64. The number of nitrogens with two attached hydrogens (primary N) is 1. The zero-order valence-corrected chi connectivity index (χ0v) is 14.1. The van der Waals surface area contributed by atoms with E-state index in [9.17, 15) is 10.2 Å². The normalized spacial score (nSPS) is 12.9. The van der Waals surface area contributed by atoms with Crippen molar-refractivity contribution in [3.63, 3.8) is 0 Å². The predicted molar refractivity (Wildman–Crippen MR) is 80.4 cm³/mol. The minimum absolute atomic E-state index is 0.0119. The third-order valence-corrected chi connectivity index (χ3v) is 7.51. The Morgan fingerprint density at radius 3 is 1.50 bits per heavy atom. The first kappa shape index (κ1) is 20.0. The quantitative estimate of drug-likeness (QED) is 0.437. The molecule has 0 radical (unpaired) electrons. The summed E-state index contributed by atoms with van der Waals surface area (Å²) in [5.41, 5.74) is 5.75. The maximum atomic E-state index is 9.46. The molecular weight excluding hydrogens is 278 g/mol. The van der Waals surface area contributed by atoms with Gasteiger partial charge in [-0.15, -0.1) is 0 Å². The van der Waals surface area contributed by atoms with Crippen LogP contribution in [0.2, 0.25) is 5.04 Å². The number of hydrogen-bond donors (Lipinski definition) is 3. The molecule has 0 bridgehead atoms. The molecule has 6 nitrogen and oxygen atoms in total. The molecule has 0 spiro atoms. The third kappa shape index (κ3) is 4.76. The molecule has 0 aliphatic heterocycles. The van der Waals surface area contributed by atoms with Gasteiger partial charge >= 0.3 is 8.80 Å². The molecule has 7 heteroatoms. The summed E-state index contributed by atoms with van der Waals surface area (Å²) in [5.74, 6) is 0. The van der Waals surface area contributed by atoms with Gasteiger partial charge in [0.15, 0.2) is 0 Å². The topological polar surface area (TPSA) is 94.2 Å². The molecule has 0 saturated heterocycles. The van der Waals surface area contributed by atoms with Crippen LogP contribution in [0.15, 0.2) is 0 Å². The van der Waals surface area contributed by atoms with Crippen LogP contribution < -0.4 is 5.73 Å². The van der Waals surface area contributed by atoms with E-state index in [4.69, 9.17) is 19.0 Å². The van der Waals surface area contributed by atoms with Gasteiger partial charge in [0, 0.05) is 38.1 Å². The molecular formula is C13H31NO5Si. The van der Waals surface area contributed by atoms with Gasteiger partial charge in [0.25, 0.3) is 0 Å². The van der Waals surface area contributed by atoms with Gasteiger partial charge in [-0.1, -0.05) is 0 Å². The average molecular weight is 309 g/mol. The van der Waals surface area contributed by atoms with Gasteiger partial charge in [-0.05, 0) is 46.6 Å². The largest absolute Gasteiger partial charge is 0.507 e. The van der Waals surface area contributed by atoms with Gasteiger partial charge in [0.1, 0.15) is 0 Å². The molecule has 0 aliphatic rings. The van der Waals surface area contributed by atoms with Crippen molar-refractivity contribution < 1.29 is 23.5 Å². The van der Waals surface area contributed by atoms with E-state index in [1.807, 2.05) is 20.8 Å². The van der Waals surface area contributed by atoms with Crippen LogP contribution in [0.4, 0.5) is 0 Å². The molecule has 0 aliphatic carbocycles. The minimum atomic E-state index is -3.04. The summed E-state index contributed by atoms with van der Waals surface area (Å²) in [6.07, 6.45) is 1.51. The molecule has 4 N–H and O–H groups in total. The van der Waals surface area contributed by atoms with Crippen molar-refractivity contribution in [2.45, 2.75) is 45.1 Å². The van der Waals surface area contributed by atoms with Crippen LogP contribution in [-0.4, -0.2) is 58.6 Å². The van der Waals surface area contributed by atoms with Crippen LogP contribution in [0.5, 0.6) is 0 Å². The highest BCUT2D eigenvalue weighted by Crippen LogP contribution is 2.49. The molecule has 122 valence electrons. The Labute approximate surface area is 123 Å². The van der Waals surface area contributed by atoms with Gasteiger partial charge in [0.2, 0.25) is 0 Å². The maximum Gasteiger partial charge on any atom is 0.507 e.